The predicted octanol–water partition coefficient (Wildman–Crippen LogP) is 3.97. The molecule has 158 valence electrons. The van der Waals surface area contributed by atoms with Crippen LogP contribution in [0.15, 0.2) is 41.3 Å². The van der Waals surface area contributed by atoms with E-state index in [2.05, 4.69) is 20.8 Å². The Morgan fingerprint density at radius 2 is 1.60 bits per heavy atom. The molecule has 0 saturated carbocycles. The van der Waals surface area contributed by atoms with Gasteiger partial charge < -0.3 is 21.1 Å². The summed E-state index contributed by atoms with van der Waals surface area (Å²) in [6, 6.07) is 8.80. The molecule has 1 aromatic heterocycles. The van der Waals surface area contributed by atoms with Gasteiger partial charge in [-0.2, -0.15) is 0 Å². The number of phenolic OH excluding ortho intramolecular Hbond substituents is 1. The van der Waals surface area contributed by atoms with Crippen LogP contribution >= 0.6 is 0 Å². The molecule has 0 bridgehead atoms. The number of aromatic nitrogens is 1. The largest absolute Gasteiger partial charge is 0.508 e. The Balaban J connectivity index is 2.54. The monoisotopic (exact) mass is 407 g/mol. The maximum absolute atomic E-state index is 12.9. The third-order valence-corrected chi connectivity index (χ3v) is 5.32. The number of amides is 1. The second-order valence-corrected chi connectivity index (χ2v) is 9.73. The van der Waals surface area contributed by atoms with E-state index in [9.17, 15) is 14.7 Å². The van der Waals surface area contributed by atoms with Crippen LogP contribution in [-0.4, -0.2) is 15.6 Å². The van der Waals surface area contributed by atoms with Crippen molar-refractivity contribution in [3.05, 3.63) is 63.4 Å². The number of hydrogen-bond acceptors (Lipinski definition) is 4. The van der Waals surface area contributed by atoms with Crippen LogP contribution < -0.4 is 16.9 Å². The molecule has 0 aliphatic rings. The van der Waals surface area contributed by atoms with Gasteiger partial charge in [-0.1, -0.05) is 47.6 Å². The number of primary amides is 1. The summed E-state index contributed by atoms with van der Waals surface area (Å²) in [5.41, 5.74) is 13.6. The van der Waals surface area contributed by atoms with E-state index in [-0.39, 0.29) is 33.2 Å². The van der Waals surface area contributed by atoms with Crippen LogP contribution in [0.3, 0.4) is 0 Å². The number of carbonyl (C=O) groups is 1. The SMILES string of the molecule is CC(C)(C)c1cc(C(C)(C)C)c(-n2cc(C(N)=O)c(=O)c3c(N)cccc32)cc1O. The molecular weight excluding hydrogens is 378 g/mol. The summed E-state index contributed by atoms with van der Waals surface area (Å²) in [5, 5.41) is 11.1. The lowest BCUT2D eigenvalue weighted by molar-refractivity contribution is 0.0999. The van der Waals surface area contributed by atoms with Gasteiger partial charge in [-0.25, -0.2) is 0 Å². The summed E-state index contributed by atoms with van der Waals surface area (Å²) in [6.07, 6.45) is 1.44. The van der Waals surface area contributed by atoms with Gasteiger partial charge in [0, 0.05) is 18.0 Å². The van der Waals surface area contributed by atoms with Gasteiger partial charge in [0.25, 0.3) is 5.91 Å². The molecule has 0 fully saturated rings. The molecule has 30 heavy (non-hydrogen) atoms. The van der Waals surface area contributed by atoms with Gasteiger partial charge in [-0.15, -0.1) is 0 Å². The maximum atomic E-state index is 12.9. The molecule has 3 aromatic rings. The van der Waals surface area contributed by atoms with E-state index < -0.39 is 11.3 Å². The van der Waals surface area contributed by atoms with Gasteiger partial charge in [0.2, 0.25) is 5.43 Å². The Kier molecular flexibility index (Phi) is 4.93. The van der Waals surface area contributed by atoms with Gasteiger partial charge >= 0.3 is 0 Å². The molecule has 0 spiro atoms. The molecule has 1 heterocycles. The summed E-state index contributed by atoms with van der Waals surface area (Å²) in [7, 11) is 0. The highest BCUT2D eigenvalue weighted by Gasteiger charge is 2.27. The Bertz CT molecular complexity index is 1230. The second kappa shape index (κ2) is 6.90. The molecule has 6 nitrogen and oxygen atoms in total. The van der Waals surface area contributed by atoms with E-state index in [1.165, 1.54) is 6.20 Å². The van der Waals surface area contributed by atoms with Crippen molar-refractivity contribution >= 4 is 22.5 Å². The van der Waals surface area contributed by atoms with Crippen molar-refractivity contribution in [2.75, 3.05) is 5.73 Å². The number of nitrogens with zero attached hydrogens (tertiary/aromatic N) is 1. The summed E-state index contributed by atoms with van der Waals surface area (Å²) in [5.74, 6) is -0.686. The Morgan fingerprint density at radius 3 is 2.13 bits per heavy atom. The van der Waals surface area contributed by atoms with E-state index in [0.717, 1.165) is 11.1 Å². The molecule has 1 amide bonds. The van der Waals surface area contributed by atoms with E-state index in [4.69, 9.17) is 11.5 Å². The molecule has 0 aliphatic carbocycles. The lowest BCUT2D eigenvalue weighted by Gasteiger charge is -2.29. The van der Waals surface area contributed by atoms with Gasteiger partial charge in [0.15, 0.2) is 0 Å². The first kappa shape index (κ1) is 21.4. The summed E-state index contributed by atoms with van der Waals surface area (Å²) >= 11 is 0. The minimum atomic E-state index is -0.827. The quantitative estimate of drug-likeness (QED) is 0.558. The van der Waals surface area contributed by atoms with E-state index in [0.29, 0.717) is 11.2 Å². The topological polar surface area (TPSA) is 111 Å². The molecule has 0 unspecified atom stereocenters. The number of nitrogens with two attached hydrogens (primary N) is 2. The fourth-order valence-electron chi connectivity index (χ4n) is 3.75. The molecule has 5 N–H and O–H groups in total. The van der Waals surface area contributed by atoms with Crippen molar-refractivity contribution in [1.82, 2.24) is 4.57 Å². The number of hydrogen-bond donors (Lipinski definition) is 3. The summed E-state index contributed by atoms with van der Waals surface area (Å²) in [4.78, 5) is 24.9. The highest BCUT2D eigenvalue weighted by molar-refractivity contribution is 6.00. The molecule has 3 rings (SSSR count). The first-order valence-electron chi connectivity index (χ1n) is 9.85. The van der Waals surface area contributed by atoms with Crippen molar-refractivity contribution in [3.63, 3.8) is 0 Å². The fourth-order valence-corrected chi connectivity index (χ4v) is 3.75. The molecule has 0 aliphatic heterocycles. The third kappa shape index (κ3) is 3.54. The molecule has 0 radical (unpaired) electrons. The van der Waals surface area contributed by atoms with E-state index in [1.54, 1.807) is 28.8 Å². The minimum Gasteiger partial charge on any atom is -0.508 e. The van der Waals surface area contributed by atoms with Crippen molar-refractivity contribution in [1.29, 1.82) is 0 Å². The Hall–Kier alpha value is -3.28. The Morgan fingerprint density at radius 1 is 1.00 bits per heavy atom. The predicted molar refractivity (Wildman–Crippen MR) is 122 cm³/mol. The van der Waals surface area contributed by atoms with Crippen molar-refractivity contribution in [2.45, 2.75) is 52.4 Å². The van der Waals surface area contributed by atoms with E-state index in [1.807, 2.05) is 26.8 Å². The number of anilines is 1. The number of phenols is 1. The van der Waals surface area contributed by atoms with Crippen molar-refractivity contribution < 1.29 is 9.90 Å². The van der Waals surface area contributed by atoms with Crippen LogP contribution in [0, 0.1) is 0 Å². The first-order chi connectivity index (χ1) is 13.7. The summed E-state index contributed by atoms with van der Waals surface area (Å²) < 4.78 is 1.72. The van der Waals surface area contributed by atoms with Gasteiger partial charge in [-0.05, 0) is 40.2 Å². The van der Waals surface area contributed by atoms with Crippen LogP contribution in [0.4, 0.5) is 5.69 Å². The third-order valence-electron chi connectivity index (χ3n) is 5.32. The highest BCUT2D eigenvalue weighted by atomic mass is 16.3. The summed E-state index contributed by atoms with van der Waals surface area (Å²) in [6.45, 7) is 12.3. The van der Waals surface area contributed by atoms with Crippen molar-refractivity contribution in [3.8, 4) is 11.4 Å². The second-order valence-electron chi connectivity index (χ2n) is 9.73. The lowest BCUT2D eigenvalue weighted by Crippen LogP contribution is -2.25. The first-order valence-corrected chi connectivity index (χ1v) is 9.85. The van der Waals surface area contributed by atoms with Gasteiger partial charge in [0.1, 0.15) is 11.3 Å². The number of aromatic hydroxyl groups is 1. The zero-order chi connectivity index (χ0) is 22.6. The Labute approximate surface area is 176 Å². The minimum absolute atomic E-state index is 0.141. The number of nitrogen functional groups attached to an aromatic ring is 1. The number of pyridine rings is 1. The lowest BCUT2D eigenvalue weighted by atomic mass is 9.79. The highest BCUT2D eigenvalue weighted by Crippen LogP contribution is 2.39. The van der Waals surface area contributed by atoms with Gasteiger partial charge in [0.05, 0.1) is 16.6 Å². The molecule has 0 saturated heterocycles. The van der Waals surface area contributed by atoms with Crippen LogP contribution in [0.5, 0.6) is 5.75 Å². The molecule has 6 heteroatoms. The van der Waals surface area contributed by atoms with Crippen LogP contribution in [0.25, 0.3) is 16.6 Å². The number of carbonyl (C=O) groups excluding carboxylic acids is 1. The number of rotatable bonds is 2. The fraction of sp³-hybridized carbons (Fsp3) is 0.333. The number of benzene rings is 2. The molecule has 0 atom stereocenters. The zero-order valence-corrected chi connectivity index (χ0v) is 18.3. The number of fused-ring (bicyclic) bond motifs is 1. The normalized spacial score (nSPS) is 12.3. The van der Waals surface area contributed by atoms with Crippen molar-refractivity contribution in [2.24, 2.45) is 5.73 Å². The van der Waals surface area contributed by atoms with Crippen LogP contribution in [0.1, 0.15) is 63.0 Å². The zero-order valence-electron chi connectivity index (χ0n) is 18.3. The van der Waals surface area contributed by atoms with Gasteiger partial charge in [-0.3, -0.25) is 9.59 Å². The standard InChI is InChI=1S/C24H29N3O3/c1-23(2,3)14-10-15(24(4,5)6)19(28)11-18(14)27-12-13(22(26)30)21(29)20-16(25)8-7-9-17(20)27/h7-12,28H,25H2,1-6H3,(H2,26,30). The molecular formula is C24H29N3O3. The van der Waals surface area contributed by atoms with Crippen LogP contribution in [0.2, 0.25) is 0 Å². The average molecular weight is 408 g/mol. The average Bonchev–Trinajstić information content (AvgIpc) is 2.59. The maximum Gasteiger partial charge on any atom is 0.254 e. The smallest absolute Gasteiger partial charge is 0.254 e. The molecule has 2 aromatic carbocycles. The van der Waals surface area contributed by atoms with E-state index >= 15 is 0 Å². The van der Waals surface area contributed by atoms with Crippen LogP contribution in [-0.2, 0) is 10.8 Å².